The molecule has 19 heavy (non-hydrogen) atoms. The van der Waals surface area contributed by atoms with Gasteiger partial charge in [0, 0.05) is 13.0 Å². The Bertz CT molecular complexity index is 498. The molecular formula is C12H13F3N2O2. The molecule has 0 saturated heterocycles. The van der Waals surface area contributed by atoms with Gasteiger partial charge in [-0.25, -0.2) is 10.0 Å². The summed E-state index contributed by atoms with van der Waals surface area (Å²) in [6, 6.07) is 1.99. The summed E-state index contributed by atoms with van der Waals surface area (Å²) in [4.78, 5) is 20.4. The molecule has 0 spiro atoms. The molecule has 4 nitrogen and oxygen atoms in total. The lowest BCUT2D eigenvalue weighted by atomic mass is 10.1. The van der Waals surface area contributed by atoms with Gasteiger partial charge in [-0.05, 0) is 25.0 Å². The van der Waals surface area contributed by atoms with Gasteiger partial charge in [-0.15, -0.1) is 0 Å². The molecule has 1 saturated carbocycles. The Morgan fingerprint density at radius 3 is 2.53 bits per heavy atom. The Morgan fingerprint density at radius 1 is 1.42 bits per heavy atom. The van der Waals surface area contributed by atoms with Crippen LogP contribution in [0.5, 0.6) is 0 Å². The number of alkyl halides is 3. The van der Waals surface area contributed by atoms with Crippen LogP contribution in [0.3, 0.4) is 0 Å². The monoisotopic (exact) mass is 274 g/mol. The van der Waals surface area contributed by atoms with Gasteiger partial charge < -0.3 is 0 Å². The van der Waals surface area contributed by atoms with Crippen molar-refractivity contribution >= 4 is 11.6 Å². The quantitative estimate of drug-likeness (QED) is 0.625. The summed E-state index contributed by atoms with van der Waals surface area (Å²) in [7, 11) is 2.71. The van der Waals surface area contributed by atoms with Crippen LogP contribution in [0.2, 0.25) is 0 Å². The second-order valence-electron chi connectivity index (χ2n) is 4.38. The molecular weight excluding hydrogens is 261 g/mol. The number of hydrogen-bond acceptors (Lipinski definition) is 4. The summed E-state index contributed by atoms with van der Waals surface area (Å²) < 4.78 is 37.9. The number of pyridine rings is 1. The highest BCUT2D eigenvalue weighted by molar-refractivity contribution is 6.03. The summed E-state index contributed by atoms with van der Waals surface area (Å²) in [5.41, 5.74) is -0.876. The molecule has 0 aromatic carbocycles. The first kappa shape index (κ1) is 13.8. The molecule has 1 heterocycles. The number of carbonyl (C=O) groups is 1. The SMILES string of the molecule is CON(C)c1nc(C(F)(F)F)ccc1C(=O)C1CC1. The van der Waals surface area contributed by atoms with E-state index < -0.39 is 11.9 Å². The standard InChI is InChI=1S/C12H13F3N2O2/c1-17(19-2)11-8(10(18)7-3-4-7)5-6-9(16-11)12(13,14)15/h5-7H,3-4H2,1-2H3. The predicted molar refractivity (Wildman–Crippen MR) is 61.7 cm³/mol. The molecule has 104 valence electrons. The Labute approximate surface area is 108 Å². The third-order valence-electron chi connectivity index (χ3n) is 2.95. The van der Waals surface area contributed by atoms with Crippen LogP contribution in [0.25, 0.3) is 0 Å². The second kappa shape index (κ2) is 4.80. The zero-order valence-electron chi connectivity index (χ0n) is 10.5. The summed E-state index contributed by atoms with van der Waals surface area (Å²) in [6.45, 7) is 0. The van der Waals surface area contributed by atoms with E-state index in [2.05, 4.69) is 4.98 Å². The van der Waals surface area contributed by atoms with Crippen LogP contribution in [0.15, 0.2) is 12.1 Å². The average molecular weight is 274 g/mol. The molecule has 0 unspecified atom stereocenters. The first-order valence-corrected chi connectivity index (χ1v) is 5.75. The lowest BCUT2D eigenvalue weighted by Gasteiger charge is -2.19. The maximum absolute atomic E-state index is 12.6. The summed E-state index contributed by atoms with van der Waals surface area (Å²) in [5, 5.41) is 1.06. The first-order valence-electron chi connectivity index (χ1n) is 5.75. The zero-order valence-corrected chi connectivity index (χ0v) is 10.5. The highest BCUT2D eigenvalue weighted by atomic mass is 19.4. The number of hydrogen-bond donors (Lipinski definition) is 0. The van der Waals surface area contributed by atoms with Crippen molar-refractivity contribution < 1.29 is 22.8 Å². The molecule has 0 aliphatic heterocycles. The van der Waals surface area contributed by atoms with Crippen molar-refractivity contribution in [2.45, 2.75) is 19.0 Å². The van der Waals surface area contributed by atoms with Gasteiger partial charge in [0.25, 0.3) is 0 Å². The van der Waals surface area contributed by atoms with E-state index in [9.17, 15) is 18.0 Å². The van der Waals surface area contributed by atoms with E-state index in [-0.39, 0.29) is 23.1 Å². The second-order valence-corrected chi connectivity index (χ2v) is 4.38. The van der Waals surface area contributed by atoms with Gasteiger partial charge >= 0.3 is 6.18 Å². The molecule has 0 radical (unpaired) electrons. The Balaban J connectivity index is 2.45. The minimum absolute atomic E-state index is 0.0949. The van der Waals surface area contributed by atoms with Crippen LogP contribution in [0.1, 0.15) is 28.9 Å². The van der Waals surface area contributed by atoms with Crippen LogP contribution in [0.4, 0.5) is 19.0 Å². The maximum Gasteiger partial charge on any atom is 0.433 e. The van der Waals surface area contributed by atoms with Crippen molar-refractivity contribution in [3.8, 4) is 0 Å². The fourth-order valence-electron chi connectivity index (χ4n) is 1.69. The number of hydroxylamine groups is 1. The van der Waals surface area contributed by atoms with Crippen molar-refractivity contribution in [3.63, 3.8) is 0 Å². The smallest absolute Gasteiger partial charge is 0.294 e. The van der Waals surface area contributed by atoms with Crippen molar-refractivity contribution in [1.82, 2.24) is 4.98 Å². The molecule has 1 aliphatic rings. The van der Waals surface area contributed by atoms with Crippen LogP contribution in [-0.4, -0.2) is 24.9 Å². The van der Waals surface area contributed by atoms with Gasteiger partial charge in [-0.2, -0.15) is 13.2 Å². The average Bonchev–Trinajstić information content (AvgIpc) is 3.19. The van der Waals surface area contributed by atoms with Gasteiger partial charge in [-0.1, -0.05) is 0 Å². The minimum atomic E-state index is -4.55. The molecule has 0 amide bonds. The topological polar surface area (TPSA) is 42.4 Å². The molecule has 1 fully saturated rings. The zero-order chi connectivity index (χ0) is 14.2. The highest BCUT2D eigenvalue weighted by Gasteiger charge is 2.36. The van der Waals surface area contributed by atoms with Gasteiger partial charge in [0.15, 0.2) is 11.6 Å². The number of halogens is 3. The number of carbonyl (C=O) groups excluding carboxylic acids is 1. The number of rotatable bonds is 4. The predicted octanol–water partition coefficient (Wildman–Crippen LogP) is 2.69. The van der Waals surface area contributed by atoms with E-state index in [0.29, 0.717) is 0 Å². The Hall–Kier alpha value is -1.63. The molecule has 7 heteroatoms. The van der Waals surface area contributed by atoms with Gasteiger partial charge in [-0.3, -0.25) is 9.63 Å². The van der Waals surface area contributed by atoms with E-state index >= 15 is 0 Å². The molecule has 2 rings (SSSR count). The van der Waals surface area contributed by atoms with Crippen LogP contribution in [-0.2, 0) is 11.0 Å². The summed E-state index contributed by atoms with van der Waals surface area (Å²) in [6.07, 6.45) is -3.00. The van der Waals surface area contributed by atoms with E-state index in [1.165, 1.54) is 20.2 Å². The van der Waals surface area contributed by atoms with Gasteiger partial charge in [0.05, 0.1) is 12.7 Å². The normalized spacial score (nSPS) is 15.4. The largest absolute Gasteiger partial charge is 0.433 e. The van der Waals surface area contributed by atoms with Crippen LogP contribution in [0, 0.1) is 5.92 Å². The number of anilines is 1. The van der Waals surface area contributed by atoms with Crippen LogP contribution < -0.4 is 5.06 Å². The maximum atomic E-state index is 12.6. The number of nitrogens with zero attached hydrogens (tertiary/aromatic N) is 2. The van der Waals surface area contributed by atoms with E-state index in [4.69, 9.17) is 4.84 Å². The number of aromatic nitrogens is 1. The molecule has 0 N–H and O–H groups in total. The highest BCUT2D eigenvalue weighted by Crippen LogP contribution is 2.36. The van der Waals surface area contributed by atoms with Crippen molar-refractivity contribution in [3.05, 3.63) is 23.4 Å². The molecule has 1 aromatic heterocycles. The molecule has 0 atom stereocenters. The minimum Gasteiger partial charge on any atom is -0.294 e. The Kier molecular flexibility index (Phi) is 3.49. The van der Waals surface area contributed by atoms with Crippen molar-refractivity contribution in [2.75, 3.05) is 19.2 Å². The van der Waals surface area contributed by atoms with Crippen molar-refractivity contribution in [2.24, 2.45) is 5.92 Å². The summed E-state index contributed by atoms with van der Waals surface area (Å²) >= 11 is 0. The number of ketones is 1. The van der Waals surface area contributed by atoms with Crippen molar-refractivity contribution in [1.29, 1.82) is 0 Å². The molecule has 0 bridgehead atoms. The third-order valence-corrected chi connectivity index (χ3v) is 2.95. The van der Waals surface area contributed by atoms with Gasteiger partial charge in [0.2, 0.25) is 0 Å². The molecule has 1 aliphatic carbocycles. The van der Waals surface area contributed by atoms with E-state index in [1.807, 2.05) is 0 Å². The van der Waals surface area contributed by atoms with Crippen LogP contribution >= 0.6 is 0 Å². The Morgan fingerprint density at radius 2 is 2.05 bits per heavy atom. The van der Waals surface area contributed by atoms with Gasteiger partial charge in [0.1, 0.15) is 5.69 Å². The van der Waals surface area contributed by atoms with E-state index in [1.54, 1.807) is 0 Å². The fourth-order valence-corrected chi connectivity index (χ4v) is 1.69. The molecule has 1 aromatic rings. The first-order chi connectivity index (χ1) is 8.84. The lowest BCUT2D eigenvalue weighted by molar-refractivity contribution is -0.141. The summed E-state index contributed by atoms with van der Waals surface area (Å²) in [5.74, 6) is -0.378. The number of Topliss-reactive ketones (excluding diaryl/α,β-unsaturated/α-hetero) is 1. The fraction of sp³-hybridized carbons (Fsp3) is 0.500. The lowest BCUT2D eigenvalue weighted by Crippen LogP contribution is -2.22. The third kappa shape index (κ3) is 2.86. The van der Waals surface area contributed by atoms with E-state index in [0.717, 1.165) is 24.0 Å².